The molecule has 0 aromatic heterocycles. The number of nitrogens with zero attached hydrogens (tertiary/aromatic N) is 1. The lowest BCUT2D eigenvalue weighted by atomic mass is 10.0. The van der Waals surface area contributed by atoms with Crippen molar-refractivity contribution in [3.8, 4) is 0 Å². The number of hydrogen-bond acceptors (Lipinski definition) is 5. The van der Waals surface area contributed by atoms with E-state index in [1.165, 1.54) is 43.5 Å². The molecule has 0 saturated carbocycles. The SMILES string of the molecule is COC(=O)[C@H](NC(=O)CCC[C@@H](C)N(c1cc(Cl)ccc1F)S(=O)(=O)c1ccc(Cl)cc1)C(C)C. The van der Waals surface area contributed by atoms with Gasteiger partial charge in [-0.2, -0.15) is 0 Å². The Bertz CT molecular complexity index is 1140. The van der Waals surface area contributed by atoms with Crippen LogP contribution >= 0.6 is 23.2 Å². The monoisotopic (exact) mass is 546 g/mol. The standard InChI is InChI=1S/C24H29Cl2FN2O5S/c1-15(2)23(24(31)34-4)28-22(30)7-5-6-16(3)29(21-14-18(26)10-13-20(21)27)35(32,33)19-11-8-17(25)9-12-19/h8-16,23H,5-7H2,1-4H3,(H,28,30)/t16-,23-/m1/s1. The van der Waals surface area contributed by atoms with E-state index in [-0.39, 0.29) is 46.7 Å². The predicted octanol–water partition coefficient (Wildman–Crippen LogP) is 5.20. The highest BCUT2D eigenvalue weighted by Gasteiger charge is 2.32. The van der Waals surface area contributed by atoms with E-state index in [0.29, 0.717) is 5.02 Å². The Kier molecular flexibility index (Phi) is 10.4. The van der Waals surface area contributed by atoms with Gasteiger partial charge in [0.05, 0.1) is 17.7 Å². The number of carbonyl (C=O) groups excluding carboxylic acids is 2. The first-order chi connectivity index (χ1) is 16.4. The van der Waals surface area contributed by atoms with Gasteiger partial charge in [0.2, 0.25) is 5.91 Å². The van der Waals surface area contributed by atoms with Gasteiger partial charge in [-0.25, -0.2) is 17.6 Å². The van der Waals surface area contributed by atoms with E-state index in [1.54, 1.807) is 20.8 Å². The molecule has 2 rings (SSSR count). The molecule has 7 nitrogen and oxygen atoms in total. The molecule has 2 aromatic rings. The van der Waals surface area contributed by atoms with Crippen LogP contribution in [0.2, 0.25) is 10.0 Å². The molecule has 192 valence electrons. The van der Waals surface area contributed by atoms with Gasteiger partial charge in [0.15, 0.2) is 0 Å². The molecular formula is C24H29Cl2FN2O5S. The van der Waals surface area contributed by atoms with E-state index < -0.39 is 33.9 Å². The molecule has 0 heterocycles. The van der Waals surface area contributed by atoms with Crippen LogP contribution < -0.4 is 9.62 Å². The zero-order chi connectivity index (χ0) is 26.3. The summed E-state index contributed by atoms with van der Waals surface area (Å²) in [5, 5.41) is 3.17. The van der Waals surface area contributed by atoms with E-state index in [2.05, 4.69) is 5.32 Å². The normalized spacial score (nSPS) is 13.3. The summed E-state index contributed by atoms with van der Waals surface area (Å²) in [4.78, 5) is 24.2. The van der Waals surface area contributed by atoms with Crippen LogP contribution in [0.4, 0.5) is 10.1 Å². The summed E-state index contributed by atoms with van der Waals surface area (Å²) >= 11 is 11.9. The number of rotatable bonds is 11. The smallest absolute Gasteiger partial charge is 0.328 e. The van der Waals surface area contributed by atoms with Crippen LogP contribution in [-0.2, 0) is 24.3 Å². The van der Waals surface area contributed by atoms with Crippen molar-refractivity contribution in [1.82, 2.24) is 5.32 Å². The average Bonchev–Trinajstić information content (AvgIpc) is 2.79. The van der Waals surface area contributed by atoms with Crippen molar-refractivity contribution in [2.24, 2.45) is 5.92 Å². The van der Waals surface area contributed by atoms with Gasteiger partial charge in [0.25, 0.3) is 10.0 Å². The van der Waals surface area contributed by atoms with E-state index in [0.717, 1.165) is 10.4 Å². The van der Waals surface area contributed by atoms with E-state index in [1.807, 2.05) is 0 Å². The second-order valence-electron chi connectivity index (χ2n) is 8.40. The fourth-order valence-corrected chi connectivity index (χ4v) is 5.50. The number of ether oxygens (including phenoxy) is 1. The lowest BCUT2D eigenvalue weighted by molar-refractivity contribution is -0.146. The molecule has 35 heavy (non-hydrogen) atoms. The maximum Gasteiger partial charge on any atom is 0.328 e. The first-order valence-corrected chi connectivity index (χ1v) is 13.2. The van der Waals surface area contributed by atoms with Crippen LogP contribution in [0.3, 0.4) is 0 Å². The summed E-state index contributed by atoms with van der Waals surface area (Å²) < 4.78 is 47.5. The van der Waals surface area contributed by atoms with Gasteiger partial charge >= 0.3 is 5.97 Å². The third-order valence-corrected chi connectivity index (χ3v) is 7.81. The zero-order valence-electron chi connectivity index (χ0n) is 19.9. The number of benzene rings is 2. The molecule has 0 saturated heterocycles. The van der Waals surface area contributed by atoms with Gasteiger partial charge in [-0.1, -0.05) is 37.0 Å². The number of anilines is 1. The second kappa shape index (κ2) is 12.6. The Morgan fingerprint density at radius 2 is 1.66 bits per heavy atom. The molecule has 0 unspecified atom stereocenters. The Morgan fingerprint density at radius 1 is 1.06 bits per heavy atom. The quantitative estimate of drug-likeness (QED) is 0.391. The van der Waals surface area contributed by atoms with Crippen molar-refractivity contribution in [1.29, 1.82) is 0 Å². The van der Waals surface area contributed by atoms with Crippen molar-refractivity contribution in [3.63, 3.8) is 0 Å². The van der Waals surface area contributed by atoms with Crippen LogP contribution in [0.5, 0.6) is 0 Å². The van der Waals surface area contributed by atoms with E-state index >= 15 is 0 Å². The van der Waals surface area contributed by atoms with Gasteiger partial charge < -0.3 is 10.1 Å². The predicted molar refractivity (Wildman–Crippen MR) is 135 cm³/mol. The minimum atomic E-state index is -4.19. The molecule has 0 spiro atoms. The summed E-state index contributed by atoms with van der Waals surface area (Å²) in [6, 6.07) is 7.71. The molecule has 0 aliphatic carbocycles. The van der Waals surface area contributed by atoms with Gasteiger partial charge in [-0.3, -0.25) is 9.10 Å². The van der Waals surface area contributed by atoms with Gasteiger partial charge in [-0.05, 0) is 68.1 Å². The Morgan fingerprint density at radius 3 is 2.23 bits per heavy atom. The van der Waals surface area contributed by atoms with Gasteiger partial charge in [0, 0.05) is 22.5 Å². The minimum absolute atomic E-state index is 0.0391. The first kappa shape index (κ1) is 28.9. The van der Waals surface area contributed by atoms with Crippen molar-refractivity contribution in [2.75, 3.05) is 11.4 Å². The number of esters is 1. The molecule has 0 radical (unpaired) electrons. The fourth-order valence-electron chi connectivity index (χ4n) is 3.52. The molecule has 1 amide bonds. The topological polar surface area (TPSA) is 92.8 Å². The lowest BCUT2D eigenvalue weighted by Gasteiger charge is -2.31. The van der Waals surface area contributed by atoms with Crippen LogP contribution in [0.15, 0.2) is 47.4 Å². The van der Waals surface area contributed by atoms with Crippen molar-refractivity contribution < 1.29 is 27.1 Å². The van der Waals surface area contributed by atoms with Gasteiger partial charge in [-0.15, -0.1) is 0 Å². The molecule has 0 fully saturated rings. The van der Waals surface area contributed by atoms with Crippen molar-refractivity contribution in [2.45, 2.75) is 57.0 Å². The van der Waals surface area contributed by atoms with Crippen LogP contribution in [0.1, 0.15) is 40.0 Å². The average molecular weight is 547 g/mol. The minimum Gasteiger partial charge on any atom is -0.467 e. The molecule has 0 aliphatic rings. The second-order valence-corrected chi connectivity index (χ2v) is 11.1. The van der Waals surface area contributed by atoms with Gasteiger partial charge in [0.1, 0.15) is 11.9 Å². The number of methoxy groups -OCH3 is 1. The summed E-state index contributed by atoms with van der Waals surface area (Å²) in [6.45, 7) is 5.18. The molecular weight excluding hydrogens is 518 g/mol. The summed E-state index contributed by atoms with van der Waals surface area (Å²) in [6.07, 6.45) is 0.558. The maximum atomic E-state index is 14.8. The maximum absolute atomic E-state index is 14.8. The highest BCUT2D eigenvalue weighted by molar-refractivity contribution is 7.92. The Labute approximate surface area is 215 Å². The molecule has 0 aliphatic heterocycles. The highest BCUT2D eigenvalue weighted by atomic mass is 35.5. The number of amides is 1. The number of sulfonamides is 1. The molecule has 11 heteroatoms. The van der Waals surface area contributed by atoms with Crippen LogP contribution in [-0.4, -0.2) is 39.5 Å². The summed E-state index contributed by atoms with van der Waals surface area (Å²) in [5.41, 5.74) is -0.199. The number of halogens is 3. The number of hydrogen-bond donors (Lipinski definition) is 1. The molecule has 2 atom stereocenters. The molecule has 1 N–H and O–H groups in total. The molecule has 2 aromatic carbocycles. The van der Waals surface area contributed by atoms with Crippen LogP contribution in [0, 0.1) is 11.7 Å². The van der Waals surface area contributed by atoms with E-state index in [4.69, 9.17) is 27.9 Å². The van der Waals surface area contributed by atoms with E-state index in [9.17, 15) is 22.4 Å². The first-order valence-electron chi connectivity index (χ1n) is 11.0. The fraction of sp³-hybridized carbons (Fsp3) is 0.417. The highest BCUT2D eigenvalue weighted by Crippen LogP contribution is 2.32. The lowest BCUT2D eigenvalue weighted by Crippen LogP contribution is -2.45. The zero-order valence-corrected chi connectivity index (χ0v) is 22.3. The summed E-state index contributed by atoms with van der Waals surface area (Å²) in [7, 11) is -2.94. The molecule has 0 bridgehead atoms. The van der Waals surface area contributed by atoms with Crippen molar-refractivity contribution >= 4 is 50.8 Å². The third-order valence-electron chi connectivity index (χ3n) is 5.38. The third kappa shape index (κ3) is 7.56. The Balaban J connectivity index is 2.24. The number of nitrogens with one attached hydrogen (secondary N) is 1. The van der Waals surface area contributed by atoms with Crippen LogP contribution in [0.25, 0.3) is 0 Å². The largest absolute Gasteiger partial charge is 0.467 e. The Hall–Kier alpha value is -2.36. The van der Waals surface area contributed by atoms with Crippen molar-refractivity contribution in [3.05, 3.63) is 58.3 Å². The number of carbonyl (C=O) groups is 2. The summed E-state index contributed by atoms with van der Waals surface area (Å²) in [5.74, 6) is -1.84.